The number of hydrogen-bond donors (Lipinski definition) is 2. The van der Waals surface area contributed by atoms with E-state index in [0.717, 1.165) is 5.56 Å². The molecule has 0 saturated carbocycles. The van der Waals surface area contributed by atoms with E-state index < -0.39 is 22.2 Å². The predicted molar refractivity (Wildman–Crippen MR) is 140 cm³/mol. The Bertz CT molecular complexity index is 1660. The molecule has 0 saturated heterocycles. The molecular weight excluding hydrogens is 533 g/mol. The van der Waals surface area contributed by atoms with Crippen LogP contribution >= 0.6 is 0 Å². The molecule has 3 aromatic carbocycles. The zero-order valence-electron chi connectivity index (χ0n) is 20.5. The molecule has 0 aliphatic rings. The Kier molecular flexibility index (Phi) is 7.61. The second-order valence-electron chi connectivity index (χ2n) is 8.73. The molecule has 202 valence electrons. The van der Waals surface area contributed by atoms with Crippen molar-refractivity contribution >= 4 is 22.2 Å². The Morgan fingerprint density at radius 3 is 2.33 bits per heavy atom. The summed E-state index contributed by atoms with van der Waals surface area (Å²) in [4.78, 5) is 11.6. The van der Waals surface area contributed by atoms with Crippen molar-refractivity contribution in [2.24, 2.45) is 16.1 Å². The Morgan fingerprint density at radius 2 is 1.69 bits per heavy atom. The molecule has 12 heteroatoms. The summed E-state index contributed by atoms with van der Waals surface area (Å²) in [5.74, 6) is 2.55. The summed E-state index contributed by atoms with van der Waals surface area (Å²) >= 11 is 0. The molecule has 0 amide bonds. The first kappa shape index (κ1) is 27.6. The van der Waals surface area contributed by atoms with E-state index in [1.165, 1.54) is 22.9 Å². The fourth-order valence-corrected chi connectivity index (χ4v) is 4.76. The number of esters is 1. The van der Waals surface area contributed by atoms with Crippen LogP contribution in [0.2, 0.25) is 0 Å². The monoisotopic (exact) mass is 556 g/mol. The number of carbonyl (C=O) groups excluding carboxylic acids is 1. The van der Waals surface area contributed by atoms with Gasteiger partial charge in [0.1, 0.15) is 0 Å². The van der Waals surface area contributed by atoms with Crippen LogP contribution in [0.4, 0.5) is 13.2 Å². The van der Waals surface area contributed by atoms with Crippen LogP contribution < -0.4 is 15.7 Å². The van der Waals surface area contributed by atoms with Gasteiger partial charge in [-0.2, -0.15) is 18.3 Å². The predicted octanol–water partition coefficient (Wildman–Crippen LogP) is 4.59. The summed E-state index contributed by atoms with van der Waals surface area (Å²) < 4.78 is 69.1. The van der Waals surface area contributed by atoms with Crippen molar-refractivity contribution in [1.29, 1.82) is 0 Å². The standard InChI is InChI=1S/C27H23F3N4O4S/c1-17-5-10-24(39(32,36)37)23(11-17)21-8-6-20(7-9-21)22-13-25(38-26(35)27(28,29)30)34(16-22)15-19-4-2-3-18(12-19)14-33-31/h2-14,16H,15,31H2,1H3,(H2,32,36,37)/b33-14+. The number of hydrogen-bond acceptors (Lipinski definition) is 6. The molecule has 39 heavy (non-hydrogen) atoms. The third-order valence-electron chi connectivity index (χ3n) is 5.78. The van der Waals surface area contributed by atoms with Gasteiger partial charge in [0.05, 0.1) is 17.7 Å². The number of alkyl halides is 3. The molecule has 0 bridgehead atoms. The molecule has 1 aromatic heterocycles. The molecule has 4 aromatic rings. The summed E-state index contributed by atoms with van der Waals surface area (Å²) in [5, 5.41) is 8.85. The first-order chi connectivity index (χ1) is 18.3. The maximum absolute atomic E-state index is 12.9. The zero-order valence-corrected chi connectivity index (χ0v) is 21.3. The molecule has 0 spiro atoms. The number of aryl methyl sites for hydroxylation is 1. The van der Waals surface area contributed by atoms with Gasteiger partial charge in [0.15, 0.2) is 0 Å². The first-order valence-electron chi connectivity index (χ1n) is 11.4. The highest BCUT2D eigenvalue weighted by atomic mass is 32.2. The normalized spacial score (nSPS) is 12.1. The fraction of sp³-hybridized carbons (Fsp3) is 0.111. The lowest BCUT2D eigenvalue weighted by molar-refractivity contribution is -0.190. The van der Waals surface area contributed by atoms with Crippen molar-refractivity contribution in [3.05, 3.63) is 95.7 Å². The number of nitrogens with zero attached hydrogens (tertiary/aromatic N) is 2. The van der Waals surface area contributed by atoms with Crippen molar-refractivity contribution in [3.63, 3.8) is 0 Å². The van der Waals surface area contributed by atoms with Crippen LogP contribution in [-0.4, -0.2) is 31.3 Å². The van der Waals surface area contributed by atoms with Gasteiger partial charge in [0, 0.05) is 23.4 Å². The van der Waals surface area contributed by atoms with E-state index in [-0.39, 0.29) is 17.3 Å². The maximum atomic E-state index is 12.9. The molecule has 0 atom stereocenters. The molecular formula is C27H23F3N4O4S. The highest BCUT2D eigenvalue weighted by Gasteiger charge is 2.42. The minimum atomic E-state index is -5.18. The van der Waals surface area contributed by atoms with Gasteiger partial charge in [-0.3, -0.25) is 0 Å². The van der Waals surface area contributed by atoms with Crippen molar-refractivity contribution in [1.82, 2.24) is 4.57 Å². The lowest BCUT2D eigenvalue weighted by atomic mass is 10.0. The summed E-state index contributed by atoms with van der Waals surface area (Å²) in [7, 11) is -3.98. The van der Waals surface area contributed by atoms with Crippen LogP contribution in [0.1, 0.15) is 16.7 Å². The van der Waals surface area contributed by atoms with Gasteiger partial charge in [0.25, 0.3) is 0 Å². The molecule has 0 aliphatic heterocycles. The Morgan fingerprint density at radius 1 is 1.00 bits per heavy atom. The van der Waals surface area contributed by atoms with E-state index in [0.29, 0.717) is 33.4 Å². The van der Waals surface area contributed by atoms with Gasteiger partial charge in [-0.05, 0) is 41.3 Å². The number of primary sulfonamides is 1. The second-order valence-corrected chi connectivity index (χ2v) is 10.3. The summed E-state index contributed by atoms with van der Waals surface area (Å²) in [6.45, 7) is 1.90. The minimum Gasteiger partial charge on any atom is -0.403 e. The number of rotatable bonds is 7. The number of carbonyl (C=O) groups is 1. The molecule has 0 radical (unpaired) electrons. The third-order valence-corrected chi connectivity index (χ3v) is 6.75. The molecule has 4 N–H and O–H groups in total. The smallest absolute Gasteiger partial charge is 0.403 e. The largest absolute Gasteiger partial charge is 0.491 e. The third kappa shape index (κ3) is 6.54. The number of hydrazone groups is 1. The van der Waals surface area contributed by atoms with Crippen LogP contribution in [0, 0.1) is 6.92 Å². The number of benzene rings is 3. The topological polar surface area (TPSA) is 130 Å². The average molecular weight is 557 g/mol. The number of sulfonamides is 1. The van der Waals surface area contributed by atoms with Crippen LogP contribution in [0.5, 0.6) is 5.88 Å². The van der Waals surface area contributed by atoms with Crippen LogP contribution in [0.15, 0.2) is 89.0 Å². The molecule has 8 nitrogen and oxygen atoms in total. The van der Waals surface area contributed by atoms with Crippen LogP contribution in [0.3, 0.4) is 0 Å². The van der Waals surface area contributed by atoms with Crippen molar-refractivity contribution in [2.45, 2.75) is 24.5 Å². The first-order valence-corrected chi connectivity index (χ1v) is 13.0. The quantitative estimate of drug-likeness (QED) is 0.149. The van der Waals surface area contributed by atoms with Gasteiger partial charge in [-0.1, -0.05) is 60.2 Å². The van der Waals surface area contributed by atoms with E-state index >= 15 is 0 Å². The Balaban J connectivity index is 1.72. The highest BCUT2D eigenvalue weighted by molar-refractivity contribution is 7.89. The summed E-state index contributed by atoms with van der Waals surface area (Å²) in [6, 6.07) is 19.8. The SMILES string of the molecule is Cc1ccc(S(N)(=O)=O)c(-c2ccc(-c3cc(OC(=O)C(F)(F)F)n(Cc4cccc(/C=N/N)c4)c3)cc2)c1. The highest BCUT2D eigenvalue weighted by Crippen LogP contribution is 2.33. The molecule has 0 fully saturated rings. The number of nitrogens with two attached hydrogens (primary N) is 2. The summed E-state index contributed by atoms with van der Waals surface area (Å²) in [5.41, 5.74) is 4.27. The fourth-order valence-electron chi connectivity index (χ4n) is 4.02. The minimum absolute atomic E-state index is 0.0322. The lowest BCUT2D eigenvalue weighted by Gasteiger charge is -2.11. The number of aromatic nitrogens is 1. The molecule has 0 aliphatic carbocycles. The van der Waals surface area contributed by atoms with E-state index in [2.05, 4.69) is 5.10 Å². The van der Waals surface area contributed by atoms with Gasteiger partial charge in [-0.25, -0.2) is 18.4 Å². The van der Waals surface area contributed by atoms with Crippen molar-refractivity contribution < 1.29 is 31.1 Å². The second kappa shape index (κ2) is 10.8. The Labute approximate surface area is 222 Å². The molecule has 1 heterocycles. The Hall–Kier alpha value is -4.42. The average Bonchev–Trinajstić information content (AvgIpc) is 3.25. The van der Waals surface area contributed by atoms with Gasteiger partial charge in [-0.15, -0.1) is 0 Å². The lowest BCUT2D eigenvalue weighted by Crippen LogP contribution is -2.28. The van der Waals surface area contributed by atoms with Crippen molar-refractivity contribution in [3.8, 4) is 28.1 Å². The number of halogens is 3. The molecule has 4 rings (SSSR count). The van der Waals surface area contributed by atoms with Crippen LogP contribution in [-0.2, 0) is 21.4 Å². The number of ether oxygens (including phenoxy) is 1. The van der Waals surface area contributed by atoms with Gasteiger partial charge < -0.3 is 15.1 Å². The van der Waals surface area contributed by atoms with Crippen molar-refractivity contribution in [2.75, 3.05) is 0 Å². The maximum Gasteiger partial charge on any atom is 0.491 e. The van der Waals surface area contributed by atoms with E-state index in [1.54, 1.807) is 66.9 Å². The van der Waals surface area contributed by atoms with Gasteiger partial charge in [0.2, 0.25) is 15.9 Å². The van der Waals surface area contributed by atoms with E-state index in [9.17, 15) is 26.4 Å². The van der Waals surface area contributed by atoms with E-state index in [4.69, 9.17) is 15.7 Å². The summed E-state index contributed by atoms with van der Waals surface area (Å²) in [6.07, 6.45) is -2.20. The molecule has 0 unspecified atom stereocenters. The van der Waals surface area contributed by atoms with Crippen LogP contribution in [0.25, 0.3) is 22.3 Å². The van der Waals surface area contributed by atoms with E-state index in [1.807, 2.05) is 6.92 Å². The van der Waals surface area contributed by atoms with Gasteiger partial charge >= 0.3 is 12.1 Å². The zero-order chi connectivity index (χ0) is 28.4.